The molecular formula is C24H22Cl2N6O3. The summed E-state index contributed by atoms with van der Waals surface area (Å²) in [5.41, 5.74) is 2.77. The van der Waals surface area contributed by atoms with Crippen molar-refractivity contribution in [2.45, 2.75) is 25.8 Å². The molecule has 2 aromatic heterocycles. The van der Waals surface area contributed by atoms with Gasteiger partial charge in [0.25, 0.3) is 5.56 Å². The first kappa shape index (κ1) is 23.2. The molecule has 1 amide bonds. The van der Waals surface area contributed by atoms with Gasteiger partial charge in [0.2, 0.25) is 11.9 Å². The van der Waals surface area contributed by atoms with Crippen molar-refractivity contribution in [3.8, 4) is 0 Å². The summed E-state index contributed by atoms with van der Waals surface area (Å²) >= 11 is 12.1. The fourth-order valence-corrected chi connectivity index (χ4v) is 4.61. The van der Waals surface area contributed by atoms with Crippen molar-refractivity contribution >= 4 is 57.6 Å². The summed E-state index contributed by atoms with van der Waals surface area (Å²) in [6, 6.07) is 10.7. The molecule has 2 N–H and O–H groups in total. The Morgan fingerprint density at radius 1 is 1.00 bits per heavy atom. The van der Waals surface area contributed by atoms with Crippen molar-refractivity contribution in [2.75, 3.05) is 10.6 Å². The van der Waals surface area contributed by atoms with E-state index in [1.807, 2.05) is 18.2 Å². The Kier molecular flexibility index (Phi) is 5.90. The Balaban J connectivity index is 1.55. The fraction of sp³-hybridized carbons (Fsp3) is 0.250. The van der Waals surface area contributed by atoms with E-state index in [0.717, 1.165) is 28.7 Å². The highest BCUT2D eigenvalue weighted by Crippen LogP contribution is 2.28. The van der Waals surface area contributed by atoms with E-state index in [2.05, 4.69) is 15.6 Å². The number of carbonyl (C=O) groups excluding carboxylic acids is 1. The number of fused-ring (bicyclic) bond motifs is 2. The molecule has 0 aliphatic carbocycles. The molecule has 0 atom stereocenters. The maximum atomic E-state index is 13.4. The van der Waals surface area contributed by atoms with Crippen LogP contribution in [0.4, 0.5) is 17.3 Å². The minimum atomic E-state index is -0.494. The molecule has 0 radical (unpaired) electrons. The highest BCUT2D eigenvalue weighted by molar-refractivity contribution is 6.42. The molecular weight excluding hydrogens is 491 g/mol. The van der Waals surface area contributed by atoms with Crippen LogP contribution in [0.5, 0.6) is 0 Å². The molecule has 11 heteroatoms. The highest BCUT2D eigenvalue weighted by Gasteiger charge is 2.20. The molecule has 0 saturated heterocycles. The van der Waals surface area contributed by atoms with Crippen LogP contribution in [0.2, 0.25) is 10.0 Å². The van der Waals surface area contributed by atoms with Gasteiger partial charge in [-0.05, 0) is 48.2 Å². The highest BCUT2D eigenvalue weighted by atomic mass is 35.5. The number of hydrogen-bond donors (Lipinski definition) is 2. The average Bonchev–Trinajstić information content (AvgIpc) is 3.02. The summed E-state index contributed by atoms with van der Waals surface area (Å²) in [7, 11) is 3.28. The Morgan fingerprint density at radius 3 is 2.57 bits per heavy atom. The van der Waals surface area contributed by atoms with Gasteiger partial charge in [0, 0.05) is 31.9 Å². The van der Waals surface area contributed by atoms with Crippen LogP contribution in [0.3, 0.4) is 0 Å². The van der Waals surface area contributed by atoms with E-state index in [0.29, 0.717) is 33.7 Å². The molecule has 0 bridgehead atoms. The number of amides is 1. The van der Waals surface area contributed by atoms with Crippen molar-refractivity contribution in [3.05, 3.63) is 78.4 Å². The van der Waals surface area contributed by atoms with Gasteiger partial charge in [-0.15, -0.1) is 0 Å². The third-order valence-corrected chi connectivity index (χ3v) is 6.91. The maximum absolute atomic E-state index is 13.4. The van der Waals surface area contributed by atoms with Gasteiger partial charge >= 0.3 is 5.69 Å². The van der Waals surface area contributed by atoms with Crippen LogP contribution < -0.4 is 21.9 Å². The number of halogens is 2. The molecule has 1 aliphatic rings. The fourth-order valence-electron chi connectivity index (χ4n) is 4.29. The Labute approximate surface area is 209 Å². The molecule has 3 heterocycles. The molecule has 1 aliphatic heterocycles. The minimum absolute atomic E-state index is 0.0128. The number of hydrogen-bond acceptors (Lipinski definition) is 5. The van der Waals surface area contributed by atoms with Crippen LogP contribution in [0.15, 0.2) is 46.0 Å². The SMILES string of the molecule is Cn1c(Nc2ccc3c(c2)NC(=O)CCC3)nc2c1c(=O)n(Cc1ccc(Cl)c(Cl)c1)c(=O)n2C. The van der Waals surface area contributed by atoms with Crippen LogP contribution in [0, 0.1) is 0 Å². The van der Waals surface area contributed by atoms with E-state index in [4.69, 9.17) is 23.2 Å². The Morgan fingerprint density at radius 2 is 1.80 bits per heavy atom. The van der Waals surface area contributed by atoms with Crippen molar-refractivity contribution in [1.82, 2.24) is 18.7 Å². The summed E-state index contributed by atoms with van der Waals surface area (Å²) in [4.78, 5) is 42.9. The minimum Gasteiger partial charge on any atom is -0.326 e. The molecule has 9 nitrogen and oxygen atoms in total. The summed E-state index contributed by atoms with van der Waals surface area (Å²) in [5.74, 6) is 0.375. The van der Waals surface area contributed by atoms with Crippen LogP contribution >= 0.6 is 23.2 Å². The molecule has 0 saturated carbocycles. The number of nitrogens with one attached hydrogen (secondary N) is 2. The second kappa shape index (κ2) is 8.90. The number of anilines is 3. The van der Waals surface area contributed by atoms with Gasteiger partial charge in [0.1, 0.15) is 0 Å². The van der Waals surface area contributed by atoms with Gasteiger partial charge in [0.05, 0.1) is 16.6 Å². The first-order chi connectivity index (χ1) is 16.7. The third-order valence-electron chi connectivity index (χ3n) is 6.17. The molecule has 0 fully saturated rings. The van der Waals surface area contributed by atoms with Gasteiger partial charge in [-0.25, -0.2) is 4.79 Å². The summed E-state index contributed by atoms with van der Waals surface area (Å²) in [6.07, 6.45) is 2.12. The van der Waals surface area contributed by atoms with Gasteiger partial charge in [-0.1, -0.05) is 35.3 Å². The zero-order chi connectivity index (χ0) is 24.9. The first-order valence-electron chi connectivity index (χ1n) is 11.0. The van der Waals surface area contributed by atoms with Crippen molar-refractivity contribution in [2.24, 2.45) is 14.1 Å². The van der Waals surface area contributed by atoms with Crippen molar-refractivity contribution < 1.29 is 4.79 Å². The lowest BCUT2D eigenvalue weighted by atomic mass is 10.1. The van der Waals surface area contributed by atoms with E-state index < -0.39 is 11.2 Å². The van der Waals surface area contributed by atoms with Crippen molar-refractivity contribution in [1.29, 1.82) is 0 Å². The second-order valence-electron chi connectivity index (χ2n) is 8.55. The zero-order valence-corrected chi connectivity index (χ0v) is 20.6. The van der Waals surface area contributed by atoms with Gasteiger partial charge in [-0.3, -0.25) is 18.7 Å². The smallest absolute Gasteiger partial charge is 0.326 e. The maximum Gasteiger partial charge on any atom is 0.332 e. The monoisotopic (exact) mass is 512 g/mol. The van der Waals surface area contributed by atoms with E-state index in [9.17, 15) is 14.4 Å². The van der Waals surface area contributed by atoms with Crippen LogP contribution in [-0.2, 0) is 31.9 Å². The predicted molar refractivity (Wildman–Crippen MR) is 137 cm³/mol. The van der Waals surface area contributed by atoms with Gasteiger partial charge in [-0.2, -0.15) is 4.98 Å². The zero-order valence-electron chi connectivity index (χ0n) is 19.1. The number of rotatable bonds is 4. The molecule has 0 unspecified atom stereocenters. The molecule has 5 rings (SSSR count). The number of nitrogens with zero attached hydrogens (tertiary/aromatic N) is 4. The Bertz CT molecular complexity index is 1620. The lowest BCUT2D eigenvalue weighted by molar-refractivity contribution is -0.116. The third kappa shape index (κ3) is 4.21. The second-order valence-corrected chi connectivity index (χ2v) is 9.36. The Hall–Kier alpha value is -3.56. The normalized spacial score (nSPS) is 13.4. The molecule has 4 aromatic rings. The van der Waals surface area contributed by atoms with E-state index in [-0.39, 0.29) is 23.6 Å². The number of imidazole rings is 1. The van der Waals surface area contributed by atoms with E-state index in [1.165, 1.54) is 4.57 Å². The number of aryl methyl sites for hydroxylation is 3. The number of benzene rings is 2. The number of aromatic nitrogens is 4. The van der Waals surface area contributed by atoms with E-state index in [1.54, 1.807) is 36.9 Å². The molecule has 2 aromatic carbocycles. The predicted octanol–water partition coefficient (Wildman–Crippen LogP) is 3.81. The lowest BCUT2D eigenvalue weighted by Crippen LogP contribution is -2.39. The van der Waals surface area contributed by atoms with Crippen LogP contribution in [-0.4, -0.2) is 24.6 Å². The topological polar surface area (TPSA) is 103 Å². The quantitative estimate of drug-likeness (QED) is 0.432. The van der Waals surface area contributed by atoms with Crippen LogP contribution in [0.1, 0.15) is 24.0 Å². The number of carbonyl (C=O) groups is 1. The molecule has 180 valence electrons. The van der Waals surface area contributed by atoms with Crippen molar-refractivity contribution in [3.63, 3.8) is 0 Å². The molecule has 0 spiro atoms. The molecule has 35 heavy (non-hydrogen) atoms. The largest absolute Gasteiger partial charge is 0.332 e. The van der Waals surface area contributed by atoms with Crippen LogP contribution in [0.25, 0.3) is 11.2 Å². The standard InChI is InChI=1S/C24H22Cl2N6O3/c1-30-20-21(29-23(30)27-15-8-7-14-4-3-5-19(33)28-18(14)11-15)31(2)24(35)32(22(20)34)12-13-6-9-16(25)17(26)10-13/h6-11H,3-5,12H2,1-2H3,(H,27,29)(H,28,33). The summed E-state index contributed by atoms with van der Waals surface area (Å²) < 4.78 is 4.11. The summed E-state index contributed by atoms with van der Waals surface area (Å²) in [6.45, 7) is 0.0385. The van der Waals surface area contributed by atoms with Gasteiger partial charge < -0.3 is 15.2 Å². The lowest BCUT2D eigenvalue weighted by Gasteiger charge is -2.11. The van der Waals surface area contributed by atoms with Gasteiger partial charge in [0.15, 0.2) is 11.2 Å². The first-order valence-corrected chi connectivity index (χ1v) is 11.8. The average molecular weight is 513 g/mol. The van der Waals surface area contributed by atoms with E-state index >= 15 is 0 Å². The summed E-state index contributed by atoms with van der Waals surface area (Å²) in [5, 5.41) is 6.88.